The molecule has 0 saturated carbocycles. The summed E-state index contributed by atoms with van der Waals surface area (Å²) in [7, 11) is 1.61. The zero-order valence-electron chi connectivity index (χ0n) is 17.8. The Morgan fingerprint density at radius 1 is 1.13 bits per heavy atom. The van der Waals surface area contributed by atoms with Gasteiger partial charge in [0.05, 0.1) is 31.1 Å². The van der Waals surface area contributed by atoms with Crippen molar-refractivity contribution < 1.29 is 19.1 Å². The summed E-state index contributed by atoms with van der Waals surface area (Å²) in [6.07, 6.45) is 7.48. The highest BCUT2D eigenvalue weighted by atomic mass is 16.5. The number of amides is 2. The lowest BCUT2D eigenvalue weighted by Gasteiger charge is -2.52. The highest BCUT2D eigenvalue weighted by molar-refractivity contribution is 5.92. The average molecular weight is 425 g/mol. The molecule has 164 valence electrons. The van der Waals surface area contributed by atoms with E-state index in [4.69, 9.17) is 9.47 Å². The number of carbonyl (C=O) groups excluding carboxylic acids is 2. The molecule has 2 amide bonds. The van der Waals surface area contributed by atoms with Crippen LogP contribution in [0.15, 0.2) is 36.9 Å². The minimum absolute atomic E-state index is 0.00732. The van der Waals surface area contributed by atoms with Gasteiger partial charge in [-0.3, -0.25) is 19.6 Å². The van der Waals surface area contributed by atoms with Crippen LogP contribution in [0.25, 0.3) is 0 Å². The minimum atomic E-state index is -0.514. The predicted molar refractivity (Wildman–Crippen MR) is 111 cm³/mol. The van der Waals surface area contributed by atoms with Crippen molar-refractivity contribution in [3.05, 3.63) is 53.9 Å². The molecule has 31 heavy (non-hydrogen) atoms. The van der Waals surface area contributed by atoms with Gasteiger partial charge in [0.25, 0.3) is 11.8 Å². The van der Waals surface area contributed by atoms with Crippen LogP contribution in [-0.2, 0) is 14.3 Å². The zero-order chi connectivity index (χ0) is 21.8. The monoisotopic (exact) mass is 425 g/mol. The van der Waals surface area contributed by atoms with Gasteiger partial charge in [-0.15, -0.1) is 0 Å². The largest absolute Gasteiger partial charge is 0.382 e. The molecule has 0 radical (unpaired) electrons. The molecule has 0 bridgehead atoms. The topological polar surface area (TPSA) is 97.8 Å². The summed E-state index contributed by atoms with van der Waals surface area (Å²) >= 11 is 0. The van der Waals surface area contributed by atoms with E-state index in [9.17, 15) is 9.59 Å². The number of hydrogen-bond acceptors (Lipinski definition) is 7. The number of methoxy groups -OCH3 is 1. The van der Waals surface area contributed by atoms with E-state index in [1.165, 1.54) is 6.20 Å². The van der Waals surface area contributed by atoms with E-state index in [1.807, 2.05) is 24.0 Å². The second-order valence-electron chi connectivity index (χ2n) is 7.82. The number of rotatable bonds is 7. The average Bonchev–Trinajstić information content (AvgIpc) is 2.81. The van der Waals surface area contributed by atoms with Crippen LogP contribution in [0.5, 0.6) is 0 Å². The van der Waals surface area contributed by atoms with Crippen molar-refractivity contribution >= 4 is 11.8 Å². The Morgan fingerprint density at radius 2 is 1.87 bits per heavy atom. The second-order valence-corrected chi connectivity index (χ2v) is 7.82. The number of aromatic nitrogens is 3. The van der Waals surface area contributed by atoms with Gasteiger partial charge in [-0.25, -0.2) is 4.98 Å². The van der Waals surface area contributed by atoms with Crippen LogP contribution in [0.3, 0.4) is 0 Å². The first-order chi connectivity index (χ1) is 15.1. The summed E-state index contributed by atoms with van der Waals surface area (Å²) in [5, 5.41) is 0. The molecule has 2 atom stereocenters. The highest BCUT2D eigenvalue weighted by Gasteiger charge is 2.52. The maximum absolute atomic E-state index is 13.0. The standard InChI is InChI=1S/C22H27N5O4/c1-15-13-25-18(14-24-15)21(28)26-9-5-17(6-10-26)27-19(16-3-7-23-8-4-16)20(22(27)29)31-12-11-30-2/h3-4,7-8,13-14,17,19-20H,5-6,9-12H2,1-2H3/t19-,20+/m0/s1. The number of hydrogen-bond donors (Lipinski definition) is 0. The van der Waals surface area contributed by atoms with Gasteiger partial charge in [0.2, 0.25) is 0 Å². The van der Waals surface area contributed by atoms with Crippen molar-refractivity contribution in [2.45, 2.75) is 38.0 Å². The van der Waals surface area contributed by atoms with E-state index in [0.29, 0.717) is 44.8 Å². The highest BCUT2D eigenvalue weighted by Crippen LogP contribution is 2.40. The number of piperidine rings is 1. The maximum Gasteiger partial charge on any atom is 0.274 e. The number of likely N-dealkylation sites (tertiary alicyclic amines) is 2. The van der Waals surface area contributed by atoms with E-state index in [2.05, 4.69) is 15.0 Å². The molecule has 2 aromatic rings. The van der Waals surface area contributed by atoms with E-state index in [0.717, 1.165) is 11.3 Å². The number of β-lactam (4-membered cyclic amide) rings is 1. The third-order valence-corrected chi connectivity index (χ3v) is 5.86. The summed E-state index contributed by atoms with van der Waals surface area (Å²) in [4.78, 5) is 41.8. The van der Waals surface area contributed by atoms with E-state index in [1.54, 1.807) is 30.6 Å². The minimum Gasteiger partial charge on any atom is -0.382 e. The molecular formula is C22H27N5O4. The molecule has 0 spiro atoms. The molecule has 2 aliphatic heterocycles. The van der Waals surface area contributed by atoms with Crippen LogP contribution >= 0.6 is 0 Å². The number of ether oxygens (including phenoxy) is 2. The van der Waals surface area contributed by atoms with Gasteiger partial charge in [-0.2, -0.15) is 0 Å². The molecule has 2 aromatic heterocycles. The van der Waals surface area contributed by atoms with Crippen molar-refractivity contribution in [1.29, 1.82) is 0 Å². The summed E-state index contributed by atoms with van der Waals surface area (Å²) in [5.74, 6) is -0.126. The van der Waals surface area contributed by atoms with Gasteiger partial charge in [0.1, 0.15) is 5.69 Å². The molecule has 0 aliphatic carbocycles. The number of aryl methyl sites for hydroxylation is 1. The number of carbonyl (C=O) groups is 2. The van der Waals surface area contributed by atoms with Crippen molar-refractivity contribution in [3.63, 3.8) is 0 Å². The fourth-order valence-corrected chi connectivity index (χ4v) is 4.22. The smallest absolute Gasteiger partial charge is 0.274 e. The lowest BCUT2D eigenvalue weighted by molar-refractivity contribution is -0.183. The van der Waals surface area contributed by atoms with Crippen molar-refractivity contribution in [1.82, 2.24) is 24.8 Å². The van der Waals surface area contributed by atoms with Crippen molar-refractivity contribution in [2.24, 2.45) is 0 Å². The summed E-state index contributed by atoms with van der Waals surface area (Å²) in [6.45, 7) is 3.78. The first-order valence-electron chi connectivity index (χ1n) is 10.5. The van der Waals surface area contributed by atoms with Gasteiger partial charge >= 0.3 is 0 Å². The van der Waals surface area contributed by atoms with Crippen LogP contribution in [0.2, 0.25) is 0 Å². The van der Waals surface area contributed by atoms with Gasteiger partial charge < -0.3 is 19.3 Å². The van der Waals surface area contributed by atoms with Crippen LogP contribution in [-0.4, -0.2) is 82.1 Å². The number of pyridine rings is 1. The summed E-state index contributed by atoms with van der Waals surface area (Å²) in [6, 6.07) is 3.75. The van der Waals surface area contributed by atoms with Crippen LogP contribution in [0.4, 0.5) is 0 Å². The second kappa shape index (κ2) is 9.49. The molecule has 4 rings (SSSR count). The molecule has 2 aliphatic rings. The molecule has 0 N–H and O–H groups in total. The Bertz CT molecular complexity index is 900. The molecule has 2 fully saturated rings. The van der Waals surface area contributed by atoms with Gasteiger partial charge in [-0.1, -0.05) is 0 Å². The molecule has 9 nitrogen and oxygen atoms in total. The van der Waals surface area contributed by atoms with E-state index < -0.39 is 6.10 Å². The van der Waals surface area contributed by atoms with Crippen LogP contribution < -0.4 is 0 Å². The summed E-state index contributed by atoms with van der Waals surface area (Å²) < 4.78 is 10.9. The Morgan fingerprint density at radius 3 is 2.52 bits per heavy atom. The predicted octanol–water partition coefficient (Wildman–Crippen LogP) is 1.40. The molecule has 2 saturated heterocycles. The fourth-order valence-electron chi connectivity index (χ4n) is 4.22. The molecule has 9 heteroatoms. The van der Waals surface area contributed by atoms with E-state index in [-0.39, 0.29) is 23.9 Å². The maximum atomic E-state index is 13.0. The van der Waals surface area contributed by atoms with Gasteiger partial charge in [0, 0.05) is 44.8 Å². The van der Waals surface area contributed by atoms with Crippen molar-refractivity contribution in [3.8, 4) is 0 Å². The van der Waals surface area contributed by atoms with Gasteiger partial charge in [0.15, 0.2) is 6.10 Å². The first kappa shape index (κ1) is 21.3. The van der Waals surface area contributed by atoms with Crippen molar-refractivity contribution in [2.75, 3.05) is 33.4 Å². The Labute approximate surface area is 181 Å². The molecule has 0 unspecified atom stereocenters. The van der Waals surface area contributed by atoms with E-state index >= 15 is 0 Å². The lowest BCUT2D eigenvalue weighted by Crippen LogP contribution is -2.65. The quantitative estimate of drug-likeness (QED) is 0.488. The normalized spacial score (nSPS) is 21.8. The van der Waals surface area contributed by atoms with Crippen LogP contribution in [0.1, 0.15) is 40.6 Å². The third-order valence-electron chi connectivity index (χ3n) is 5.86. The van der Waals surface area contributed by atoms with Crippen LogP contribution in [0, 0.1) is 6.92 Å². The zero-order valence-corrected chi connectivity index (χ0v) is 17.8. The molecular weight excluding hydrogens is 398 g/mol. The Kier molecular flexibility index (Phi) is 6.53. The first-order valence-corrected chi connectivity index (χ1v) is 10.5. The SMILES string of the molecule is COCCO[C@H]1C(=O)N(C2CCN(C(=O)c3cnc(C)cn3)CC2)[C@H]1c1ccncc1. The number of nitrogens with zero attached hydrogens (tertiary/aromatic N) is 5. The van der Waals surface area contributed by atoms with Gasteiger partial charge in [-0.05, 0) is 37.5 Å². The fraction of sp³-hybridized carbons (Fsp3) is 0.500. The molecule has 4 heterocycles. The Balaban J connectivity index is 1.42. The Hall–Kier alpha value is -2.91. The summed E-state index contributed by atoms with van der Waals surface area (Å²) in [5.41, 5.74) is 2.13. The molecule has 0 aromatic carbocycles. The third kappa shape index (κ3) is 4.42. The lowest BCUT2D eigenvalue weighted by atomic mass is 9.86.